The third kappa shape index (κ3) is 5.07. The molecule has 0 atom stereocenters. The van der Waals surface area contributed by atoms with Crippen LogP contribution in [0.4, 0.5) is 24.0 Å². The lowest BCUT2D eigenvalue weighted by atomic mass is 10.1. The summed E-state index contributed by atoms with van der Waals surface area (Å²) in [6.07, 6.45) is -4.38. The zero-order valence-corrected chi connectivity index (χ0v) is 15.1. The van der Waals surface area contributed by atoms with Crippen LogP contribution in [0, 0.1) is 0 Å². The van der Waals surface area contributed by atoms with Gasteiger partial charge in [0.2, 0.25) is 5.91 Å². The largest absolute Gasteiger partial charge is 0.416 e. The highest BCUT2D eigenvalue weighted by atomic mass is 32.1. The van der Waals surface area contributed by atoms with Crippen LogP contribution in [0.3, 0.4) is 0 Å². The number of rotatable bonds is 5. The zero-order chi connectivity index (χ0) is 19.4. The van der Waals surface area contributed by atoms with Crippen molar-refractivity contribution in [2.24, 2.45) is 0 Å². The van der Waals surface area contributed by atoms with Crippen LogP contribution in [-0.4, -0.2) is 10.9 Å². The van der Waals surface area contributed by atoms with Gasteiger partial charge in [-0.2, -0.15) is 13.2 Å². The molecule has 3 aromatic rings. The van der Waals surface area contributed by atoms with Gasteiger partial charge in [-0.3, -0.25) is 4.79 Å². The van der Waals surface area contributed by atoms with Gasteiger partial charge in [0.25, 0.3) is 0 Å². The van der Waals surface area contributed by atoms with E-state index in [9.17, 15) is 18.0 Å². The average Bonchev–Trinajstić information content (AvgIpc) is 3.08. The Bertz CT molecular complexity index is 936. The van der Waals surface area contributed by atoms with Crippen LogP contribution in [0.25, 0.3) is 11.3 Å². The van der Waals surface area contributed by atoms with Gasteiger partial charge < -0.3 is 10.6 Å². The van der Waals surface area contributed by atoms with Gasteiger partial charge in [-0.1, -0.05) is 30.3 Å². The second-order valence-corrected chi connectivity index (χ2v) is 6.71. The normalized spacial score (nSPS) is 11.3. The first-order valence-electron chi connectivity index (χ1n) is 8.05. The summed E-state index contributed by atoms with van der Waals surface area (Å²) in [6, 6.07) is 12.6. The van der Waals surface area contributed by atoms with E-state index < -0.39 is 11.7 Å². The maximum absolute atomic E-state index is 12.8. The molecule has 1 heterocycles. The highest BCUT2D eigenvalue weighted by molar-refractivity contribution is 7.14. The van der Waals surface area contributed by atoms with Gasteiger partial charge in [0, 0.05) is 30.1 Å². The van der Waals surface area contributed by atoms with E-state index in [-0.39, 0.29) is 5.91 Å². The molecule has 2 N–H and O–H groups in total. The topological polar surface area (TPSA) is 54.0 Å². The van der Waals surface area contributed by atoms with Crippen molar-refractivity contribution in [2.45, 2.75) is 19.6 Å². The van der Waals surface area contributed by atoms with Crippen LogP contribution in [0.2, 0.25) is 0 Å². The highest BCUT2D eigenvalue weighted by Crippen LogP contribution is 2.32. The van der Waals surface area contributed by atoms with Crippen molar-refractivity contribution < 1.29 is 18.0 Å². The van der Waals surface area contributed by atoms with Crippen LogP contribution in [0.15, 0.2) is 53.9 Å². The molecule has 3 rings (SSSR count). The monoisotopic (exact) mass is 391 g/mol. The van der Waals surface area contributed by atoms with Crippen molar-refractivity contribution in [3.63, 3.8) is 0 Å². The van der Waals surface area contributed by atoms with Crippen molar-refractivity contribution >= 4 is 28.1 Å². The van der Waals surface area contributed by atoms with Gasteiger partial charge >= 0.3 is 6.18 Å². The third-order valence-corrected chi connectivity index (χ3v) is 4.49. The maximum atomic E-state index is 12.8. The molecule has 1 aromatic heterocycles. The lowest BCUT2D eigenvalue weighted by Gasteiger charge is -2.09. The molecule has 140 valence electrons. The second kappa shape index (κ2) is 7.79. The molecule has 0 fully saturated rings. The Morgan fingerprint density at radius 3 is 2.56 bits per heavy atom. The van der Waals surface area contributed by atoms with Crippen molar-refractivity contribution in [1.82, 2.24) is 10.3 Å². The SMILES string of the molecule is CC(=O)NCc1ccc(-c2csc(Nc3cccc(C(F)(F)F)c3)n2)cc1. The molecule has 0 unspecified atom stereocenters. The molecular formula is C19H16F3N3OS. The van der Waals surface area contributed by atoms with Gasteiger partial charge in [-0.15, -0.1) is 11.3 Å². The number of thiazole rings is 1. The zero-order valence-electron chi connectivity index (χ0n) is 14.3. The minimum absolute atomic E-state index is 0.0936. The Morgan fingerprint density at radius 1 is 1.15 bits per heavy atom. The molecule has 0 aliphatic carbocycles. The molecule has 1 amide bonds. The molecule has 0 spiro atoms. The fourth-order valence-electron chi connectivity index (χ4n) is 2.38. The number of nitrogens with one attached hydrogen (secondary N) is 2. The quantitative estimate of drug-likeness (QED) is 0.628. The van der Waals surface area contributed by atoms with E-state index in [1.165, 1.54) is 24.3 Å². The Kier molecular flexibility index (Phi) is 5.46. The van der Waals surface area contributed by atoms with E-state index in [2.05, 4.69) is 15.6 Å². The average molecular weight is 391 g/mol. The number of anilines is 2. The Balaban J connectivity index is 1.71. The van der Waals surface area contributed by atoms with E-state index >= 15 is 0 Å². The lowest BCUT2D eigenvalue weighted by Crippen LogP contribution is -2.18. The molecule has 0 aliphatic rings. The van der Waals surface area contributed by atoms with Gasteiger partial charge in [0.15, 0.2) is 5.13 Å². The predicted octanol–water partition coefficient (Wildman–Crippen LogP) is 5.21. The van der Waals surface area contributed by atoms with Gasteiger partial charge in [-0.25, -0.2) is 4.98 Å². The van der Waals surface area contributed by atoms with Crippen molar-refractivity contribution in [1.29, 1.82) is 0 Å². The molecule has 4 nitrogen and oxygen atoms in total. The molecule has 27 heavy (non-hydrogen) atoms. The minimum Gasteiger partial charge on any atom is -0.352 e. The number of alkyl halides is 3. The van der Waals surface area contributed by atoms with Crippen LogP contribution < -0.4 is 10.6 Å². The molecule has 0 saturated carbocycles. The fraction of sp³-hybridized carbons (Fsp3) is 0.158. The van der Waals surface area contributed by atoms with E-state index in [4.69, 9.17) is 0 Å². The van der Waals surface area contributed by atoms with Crippen LogP contribution in [0.1, 0.15) is 18.1 Å². The summed E-state index contributed by atoms with van der Waals surface area (Å²) in [7, 11) is 0. The summed E-state index contributed by atoms with van der Waals surface area (Å²) in [6.45, 7) is 1.91. The smallest absolute Gasteiger partial charge is 0.352 e. The first-order valence-corrected chi connectivity index (χ1v) is 8.93. The highest BCUT2D eigenvalue weighted by Gasteiger charge is 2.30. The van der Waals surface area contributed by atoms with Crippen LogP contribution in [0.5, 0.6) is 0 Å². The third-order valence-electron chi connectivity index (χ3n) is 3.74. The number of aromatic nitrogens is 1. The number of carbonyl (C=O) groups excluding carboxylic acids is 1. The van der Waals surface area contributed by atoms with Crippen LogP contribution in [-0.2, 0) is 17.5 Å². The van der Waals surface area contributed by atoms with Crippen molar-refractivity contribution in [3.8, 4) is 11.3 Å². The summed E-state index contributed by atoms with van der Waals surface area (Å²) in [5.41, 5.74) is 2.19. The summed E-state index contributed by atoms with van der Waals surface area (Å²) in [5.74, 6) is -0.0936. The molecule has 0 bridgehead atoms. The first kappa shape index (κ1) is 18.9. The second-order valence-electron chi connectivity index (χ2n) is 5.85. The number of hydrogen-bond donors (Lipinski definition) is 2. The van der Waals surface area contributed by atoms with E-state index in [1.807, 2.05) is 29.6 Å². The van der Waals surface area contributed by atoms with E-state index in [0.29, 0.717) is 17.4 Å². The van der Waals surface area contributed by atoms with Gasteiger partial charge in [0.1, 0.15) is 0 Å². The number of amides is 1. The Labute approximate surface area is 158 Å². The number of halogens is 3. The van der Waals surface area contributed by atoms with E-state index in [0.717, 1.165) is 29.0 Å². The summed E-state index contributed by atoms with van der Waals surface area (Å²) >= 11 is 1.31. The standard InChI is InChI=1S/C19H16F3N3OS/c1-12(26)23-10-13-5-7-14(8-6-13)17-11-27-18(25-17)24-16-4-2-3-15(9-16)19(20,21)22/h2-9,11H,10H2,1H3,(H,23,26)(H,24,25). The summed E-state index contributed by atoms with van der Waals surface area (Å²) in [5, 5.41) is 7.97. The minimum atomic E-state index is -4.38. The summed E-state index contributed by atoms with van der Waals surface area (Å²) < 4.78 is 38.4. The van der Waals surface area contributed by atoms with E-state index in [1.54, 1.807) is 6.07 Å². The molecule has 8 heteroatoms. The number of hydrogen-bond acceptors (Lipinski definition) is 4. The first-order chi connectivity index (χ1) is 12.8. The predicted molar refractivity (Wildman–Crippen MR) is 99.8 cm³/mol. The number of nitrogens with zero attached hydrogens (tertiary/aromatic N) is 1. The lowest BCUT2D eigenvalue weighted by molar-refractivity contribution is -0.137. The van der Waals surface area contributed by atoms with Gasteiger partial charge in [-0.05, 0) is 23.8 Å². The fourth-order valence-corrected chi connectivity index (χ4v) is 3.12. The van der Waals surface area contributed by atoms with Crippen molar-refractivity contribution in [3.05, 3.63) is 65.0 Å². The number of carbonyl (C=O) groups is 1. The summed E-state index contributed by atoms with van der Waals surface area (Å²) in [4.78, 5) is 15.4. The van der Waals surface area contributed by atoms with Crippen molar-refractivity contribution in [2.75, 3.05) is 5.32 Å². The Morgan fingerprint density at radius 2 is 1.89 bits per heavy atom. The molecule has 2 aromatic carbocycles. The Hall–Kier alpha value is -2.87. The van der Waals surface area contributed by atoms with Gasteiger partial charge in [0.05, 0.1) is 11.3 Å². The maximum Gasteiger partial charge on any atom is 0.416 e. The molecule has 0 radical (unpaired) electrons. The molecule has 0 aliphatic heterocycles. The number of benzene rings is 2. The van der Waals surface area contributed by atoms with Crippen LogP contribution >= 0.6 is 11.3 Å². The molecular weight excluding hydrogens is 375 g/mol. The molecule has 0 saturated heterocycles.